The van der Waals surface area contributed by atoms with Gasteiger partial charge < -0.3 is 9.47 Å². The van der Waals surface area contributed by atoms with E-state index in [4.69, 9.17) is 4.98 Å². The zero-order valence-corrected chi connectivity index (χ0v) is 15.9. The Bertz CT molecular complexity index is 899. The molecule has 1 aliphatic heterocycles. The highest BCUT2D eigenvalue weighted by molar-refractivity contribution is 5.88. The molecule has 27 heavy (non-hydrogen) atoms. The summed E-state index contributed by atoms with van der Waals surface area (Å²) in [7, 11) is 1.96. The number of rotatable bonds is 4. The van der Waals surface area contributed by atoms with Crippen molar-refractivity contribution in [2.45, 2.75) is 39.0 Å². The van der Waals surface area contributed by atoms with Gasteiger partial charge in [0.15, 0.2) is 5.82 Å². The molecule has 0 radical (unpaired) electrons. The molecule has 1 saturated carbocycles. The van der Waals surface area contributed by atoms with Crippen LogP contribution in [-0.2, 0) is 18.3 Å². The second-order valence-corrected chi connectivity index (χ2v) is 7.81. The van der Waals surface area contributed by atoms with Gasteiger partial charge in [0.25, 0.3) is 0 Å². The quantitative estimate of drug-likeness (QED) is 0.830. The van der Waals surface area contributed by atoms with Gasteiger partial charge in [0.05, 0.1) is 6.07 Å². The number of hydrogen-bond acceptors (Lipinski definition) is 5. The molecular weight excluding hydrogens is 340 g/mol. The van der Waals surface area contributed by atoms with Gasteiger partial charge in [0.2, 0.25) is 5.91 Å². The van der Waals surface area contributed by atoms with Crippen molar-refractivity contribution in [1.82, 2.24) is 24.4 Å². The third kappa shape index (κ3) is 3.44. The van der Waals surface area contributed by atoms with Crippen LogP contribution in [0.25, 0.3) is 11.5 Å². The predicted octanol–water partition coefficient (Wildman–Crippen LogP) is 2.27. The molecule has 4 rings (SSSR count). The van der Waals surface area contributed by atoms with E-state index in [1.54, 1.807) is 6.20 Å². The lowest BCUT2D eigenvalue weighted by Crippen LogP contribution is -2.42. The average molecular weight is 364 g/mol. The lowest BCUT2D eigenvalue weighted by atomic mass is 9.92. The number of nitrogens with zero attached hydrogens (tertiary/aromatic N) is 6. The van der Waals surface area contributed by atoms with Crippen molar-refractivity contribution in [3.63, 3.8) is 0 Å². The molecule has 2 fully saturated rings. The highest BCUT2D eigenvalue weighted by Gasteiger charge is 2.52. The van der Waals surface area contributed by atoms with Crippen LogP contribution in [0, 0.1) is 29.6 Å². The Morgan fingerprint density at radius 3 is 2.67 bits per heavy atom. The van der Waals surface area contributed by atoms with E-state index in [1.165, 1.54) is 0 Å². The van der Waals surface area contributed by atoms with Crippen molar-refractivity contribution >= 4 is 5.91 Å². The molecule has 3 heterocycles. The fraction of sp³-hybridized carbons (Fsp3) is 0.550. The Morgan fingerprint density at radius 1 is 1.33 bits per heavy atom. The first kappa shape index (κ1) is 17.7. The normalized spacial score (nSPS) is 18.9. The first-order chi connectivity index (χ1) is 13.0. The van der Waals surface area contributed by atoms with Crippen molar-refractivity contribution in [3.05, 3.63) is 30.0 Å². The van der Waals surface area contributed by atoms with Crippen molar-refractivity contribution in [2.24, 2.45) is 18.4 Å². The Morgan fingerprint density at radius 2 is 2.07 bits per heavy atom. The number of aromatic nitrogens is 4. The van der Waals surface area contributed by atoms with Crippen LogP contribution in [-0.4, -0.2) is 43.4 Å². The van der Waals surface area contributed by atoms with E-state index in [0.29, 0.717) is 5.92 Å². The summed E-state index contributed by atoms with van der Waals surface area (Å²) >= 11 is 0. The molecule has 7 nitrogen and oxygen atoms in total. The summed E-state index contributed by atoms with van der Waals surface area (Å²) in [6.45, 7) is 3.44. The van der Waals surface area contributed by atoms with Gasteiger partial charge in [-0.15, -0.1) is 0 Å². The molecule has 1 amide bonds. The summed E-state index contributed by atoms with van der Waals surface area (Å²) in [5.41, 5.74) is 1.08. The molecule has 0 aromatic carbocycles. The lowest BCUT2D eigenvalue weighted by Gasteiger charge is -2.33. The number of aryl methyl sites for hydroxylation is 2. The van der Waals surface area contributed by atoms with Gasteiger partial charge in [-0.2, -0.15) is 5.26 Å². The standard InChI is InChI=1S/C20H24N6O/c1-14-11-16(18-22-7-10-25(18)2)24-17(23-14)12-15-3-8-26(9-4-15)19(27)20(13-21)5-6-20/h7,10-11,15H,3-6,8-9,12H2,1-2H3. The van der Waals surface area contributed by atoms with Crippen molar-refractivity contribution in [2.75, 3.05) is 13.1 Å². The molecular formula is C20H24N6O. The molecule has 140 valence electrons. The molecule has 0 bridgehead atoms. The largest absolute Gasteiger partial charge is 0.341 e. The van der Waals surface area contributed by atoms with Crippen LogP contribution in [0.1, 0.15) is 37.2 Å². The summed E-state index contributed by atoms with van der Waals surface area (Å²) < 4.78 is 1.96. The third-order valence-corrected chi connectivity index (χ3v) is 5.70. The monoisotopic (exact) mass is 364 g/mol. The lowest BCUT2D eigenvalue weighted by molar-refractivity contribution is -0.136. The number of likely N-dealkylation sites (tertiary alicyclic amines) is 1. The minimum absolute atomic E-state index is 0.0346. The van der Waals surface area contributed by atoms with Crippen LogP contribution < -0.4 is 0 Å². The number of hydrogen-bond donors (Lipinski definition) is 0. The maximum atomic E-state index is 12.5. The Hall–Kier alpha value is -2.75. The molecule has 0 unspecified atom stereocenters. The van der Waals surface area contributed by atoms with Gasteiger partial charge in [-0.05, 0) is 44.6 Å². The van der Waals surface area contributed by atoms with Gasteiger partial charge in [-0.25, -0.2) is 15.0 Å². The molecule has 0 atom stereocenters. The van der Waals surface area contributed by atoms with E-state index in [0.717, 1.165) is 68.2 Å². The van der Waals surface area contributed by atoms with E-state index in [9.17, 15) is 10.1 Å². The minimum Gasteiger partial charge on any atom is -0.341 e. The topological polar surface area (TPSA) is 87.7 Å². The molecule has 2 aliphatic rings. The van der Waals surface area contributed by atoms with Crippen LogP contribution in [0.5, 0.6) is 0 Å². The van der Waals surface area contributed by atoms with Crippen LogP contribution >= 0.6 is 0 Å². The maximum absolute atomic E-state index is 12.5. The number of nitriles is 1. The first-order valence-corrected chi connectivity index (χ1v) is 9.54. The van der Waals surface area contributed by atoms with Gasteiger partial charge in [-0.3, -0.25) is 4.79 Å². The summed E-state index contributed by atoms with van der Waals surface area (Å²) in [4.78, 5) is 28.1. The predicted molar refractivity (Wildman–Crippen MR) is 99.3 cm³/mol. The zero-order chi connectivity index (χ0) is 19.0. The fourth-order valence-electron chi connectivity index (χ4n) is 3.85. The van der Waals surface area contributed by atoms with Crippen LogP contribution in [0.15, 0.2) is 18.5 Å². The van der Waals surface area contributed by atoms with Crippen LogP contribution in [0.4, 0.5) is 0 Å². The molecule has 7 heteroatoms. The molecule has 0 spiro atoms. The van der Waals surface area contributed by atoms with Gasteiger partial charge >= 0.3 is 0 Å². The van der Waals surface area contributed by atoms with E-state index in [-0.39, 0.29) is 5.91 Å². The maximum Gasteiger partial charge on any atom is 0.243 e. The summed E-state index contributed by atoms with van der Waals surface area (Å²) in [5.74, 6) is 2.18. The zero-order valence-electron chi connectivity index (χ0n) is 15.9. The Labute approximate surface area is 159 Å². The van der Waals surface area contributed by atoms with E-state index in [2.05, 4.69) is 16.0 Å². The molecule has 0 N–H and O–H groups in total. The van der Waals surface area contributed by atoms with Crippen molar-refractivity contribution in [1.29, 1.82) is 5.26 Å². The fourth-order valence-corrected chi connectivity index (χ4v) is 3.85. The van der Waals surface area contributed by atoms with Gasteiger partial charge in [0, 0.05) is 44.6 Å². The SMILES string of the molecule is Cc1cc(-c2nccn2C)nc(CC2CCN(C(=O)C3(C#N)CC3)CC2)n1. The number of carbonyl (C=O) groups excluding carboxylic acids is 1. The second-order valence-electron chi connectivity index (χ2n) is 7.81. The highest BCUT2D eigenvalue weighted by Crippen LogP contribution is 2.47. The minimum atomic E-state index is -0.705. The average Bonchev–Trinajstić information content (AvgIpc) is 3.35. The second kappa shape index (κ2) is 6.76. The smallest absolute Gasteiger partial charge is 0.243 e. The van der Waals surface area contributed by atoms with E-state index >= 15 is 0 Å². The number of amides is 1. The van der Waals surface area contributed by atoms with Crippen molar-refractivity contribution < 1.29 is 4.79 Å². The van der Waals surface area contributed by atoms with E-state index < -0.39 is 5.41 Å². The highest BCUT2D eigenvalue weighted by atomic mass is 16.2. The molecule has 2 aromatic rings. The van der Waals surface area contributed by atoms with Crippen molar-refractivity contribution in [3.8, 4) is 17.6 Å². The molecule has 1 aliphatic carbocycles. The number of carbonyl (C=O) groups is 1. The molecule has 2 aromatic heterocycles. The first-order valence-electron chi connectivity index (χ1n) is 9.54. The van der Waals surface area contributed by atoms with E-state index in [1.807, 2.05) is 35.7 Å². The Kier molecular flexibility index (Phi) is 4.42. The summed E-state index contributed by atoms with van der Waals surface area (Å²) in [5, 5.41) is 9.23. The van der Waals surface area contributed by atoms with Crippen LogP contribution in [0.3, 0.4) is 0 Å². The third-order valence-electron chi connectivity index (χ3n) is 5.70. The van der Waals surface area contributed by atoms with Gasteiger partial charge in [0.1, 0.15) is 16.9 Å². The summed E-state index contributed by atoms with van der Waals surface area (Å²) in [6.07, 6.45) is 7.79. The van der Waals surface area contributed by atoms with Crippen LogP contribution in [0.2, 0.25) is 0 Å². The van der Waals surface area contributed by atoms with Gasteiger partial charge in [-0.1, -0.05) is 0 Å². The number of piperidine rings is 1. The molecule has 1 saturated heterocycles. The summed E-state index contributed by atoms with van der Waals surface area (Å²) in [6, 6.07) is 4.17. The Balaban J connectivity index is 1.41. The number of imidazole rings is 1.